The Kier molecular flexibility index (Phi) is 5.72. The van der Waals surface area contributed by atoms with E-state index in [1.807, 2.05) is 12.1 Å². The molecule has 0 radical (unpaired) electrons. The first-order valence-electron chi connectivity index (χ1n) is 11.2. The molecular weight excluding hydrogens is 540 g/mol. The van der Waals surface area contributed by atoms with Gasteiger partial charge in [0, 0.05) is 21.8 Å². The SMILES string of the molecule is O=C1Cc2cc(Br)c(Cl)cc2C12CCCC2.O=C1Cc2cc(Br)ccc2C12CCCC2. The van der Waals surface area contributed by atoms with E-state index >= 15 is 0 Å². The van der Waals surface area contributed by atoms with Gasteiger partial charge in [0.1, 0.15) is 11.6 Å². The lowest BCUT2D eigenvalue weighted by molar-refractivity contribution is -0.123. The molecule has 31 heavy (non-hydrogen) atoms. The van der Waals surface area contributed by atoms with Gasteiger partial charge in [-0.2, -0.15) is 0 Å². The summed E-state index contributed by atoms with van der Waals surface area (Å²) >= 11 is 13.0. The highest BCUT2D eigenvalue weighted by molar-refractivity contribution is 9.10. The Morgan fingerprint density at radius 1 is 0.710 bits per heavy atom. The van der Waals surface area contributed by atoms with E-state index in [4.69, 9.17) is 11.6 Å². The minimum Gasteiger partial charge on any atom is -0.298 e. The zero-order valence-electron chi connectivity index (χ0n) is 17.4. The molecule has 2 nitrogen and oxygen atoms in total. The maximum Gasteiger partial charge on any atom is 0.147 e. The van der Waals surface area contributed by atoms with Crippen LogP contribution in [-0.4, -0.2) is 11.6 Å². The van der Waals surface area contributed by atoms with Crippen molar-refractivity contribution in [1.82, 2.24) is 0 Å². The van der Waals surface area contributed by atoms with Crippen molar-refractivity contribution in [2.75, 3.05) is 0 Å². The average Bonchev–Trinajstić information content (AvgIpc) is 3.50. The van der Waals surface area contributed by atoms with Crippen molar-refractivity contribution in [3.8, 4) is 0 Å². The number of hydrogen-bond donors (Lipinski definition) is 0. The molecule has 0 N–H and O–H groups in total. The minimum atomic E-state index is -0.181. The van der Waals surface area contributed by atoms with E-state index in [-0.39, 0.29) is 10.8 Å². The van der Waals surface area contributed by atoms with Gasteiger partial charge in [0.25, 0.3) is 0 Å². The number of halogens is 3. The summed E-state index contributed by atoms with van der Waals surface area (Å²) in [5, 5.41) is 0.722. The molecule has 2 fully saturated rings. The Balaban J connectivity index is 0.000000132. The van der Waals surface area contributed by atoms with Crippen LogP contribution in [0.5, 0.6) is 0 Å². The summed E-state index contributed by atoms with van der Waals surface area (Å²) in [6.07, 6.45) is 10.1. The highest BCUT2D eigenvalue weighted by atomic mass is 79.9. The molecule has 0 amide bonds. The summed E-state index contributed by atoms with van der Waals surface area (Å²) in [7, 11) is 0. The molecule has 2 aromatic rings. The molecule has 0 atom stereocenters. The van der Waals surface area contributed by atoms with Gasteiger partial charge in [-0.25, -0.2) is 0 Å². The smallest absolute Gasteiger partial charge is 0.147 e. The van der Waals surface area contributed by atoms with Gasteiger partial charge in [-0.15, -0.1) is 0 Å². The fraction of sp³-hybridized carbons (Fsp3) is 0.462. The summed E-state index contributed by atoms with van der Waals surface area (Å²) in [6, 6.07) is 10.3. The molecule has 0 aromatic heterocycles. The Bertz CT molecular complexity index is 1080. The van der Waals surface area contributed by atoms with Crippen LogP contribution in [0.2, 0.25) is 5.02 Å². The van der Waals surface area contributed by atoms with Crippen molar-refractivity contribution in [2.45, 2.75) is 75.0 Å². The van der Waals surface area contributed by atoms with E-state index in [2.05, 4.69) is 50.1 Å². The van der Waals surface area contributed by atoms with Crippen LogP contribution in [0.25, 0.3) is 0 Å². The van der Waals surface area contributed by atoms with Crippen molar-refractivity contribution in [1.29, 1.82) is 0 Å². The van der Waals surface area contributed by atoms with E-state index in [0.29, 0.717) is 24.4 Å². The van der Waals surface area contributed by atoms with E-state index in [0.717, 1.165) is 39.7 Å². The number of hydrogen-bond acceptors (Lipinski definition) is 2. The molecule has 2 aromatic carbocycles. The fourth-order valence-electron chi connectivity index (χ4n) is 6.39. The van der Waals surface area contributed by atoms with Crippen LogP contribution in [0, 0.1) is 0 Å². The maximum absolute atomic E-state index is 12.2. The largest absolute Gasteiger partial charge is 0.298 e. The Labute approximate surface area is 205 Å². The lowest BCUT2D eigenvalue weighted by atomic mass is 9.79. The summed E-state index contributed by atoms with van der Waals surface area (Å²) in [4.78, 5) is 24.4. The zero-order chi connectivity index (χ0) is 21.8. The van der Waals surface area contributed by atoms with Crippen LogP contribution >= 0.6 is 43.5 Å². The summed E-state index contributed by atoms with van der Waals surface area (Å²) < 4.78 is 1.99. The van der Waals surface area contributed by atoms with Crippen LogP contribution in [0.4, 0.5) is 0 Å². The number of benzene rings is 2. The molecule has 0 bridgehead atoms. The number of rotatable bonds is 0. The van der Waals surface area contributed by atoms with Crippen molar-refractivity contribution < 1.29 is 9.59 Å². The van der Waals surface area contributed by atoms with Gasteiger partial charge in [-0.1, -0.05) is 59.3 Å². The Hall–Kier alpha value is -0.970. The maximum atomic E-state index is 12.2. The zero-order valence-corrected chi connectivity index (χ0v) is 21.3. The molecule has 0 unspecified atom stereocenters. The molecule has 0 heterocycles. The number of ketones is 2. The second kappa shape index (κ2) is 8.11. The van der Waals surface area contributed by atoms with Gasteiger partial charge in [-0.3, -0.25) is 9.59 Å². The summed E-state index contributed by atoms with van der Waals surface area (Å²) in [6.45, 7) is 0. The predicted octanol–water partition coefficient (Wildman–Crippen LogP) is 7.43. The van der Waals surface area contributed by atoms with Gasteiger partial charge in [-0.05, 0) is 88.1 Å². The number of carbonyl (C=O) groups is 2. The van der Waals surface area contributed by atoms with Gasteiger partial charge in [0.05, 0.1) is 15.9 Å². The quantitative estimate of drug-likeness (QED) is 0.334. The highest BCUT2D eigenvalue weighted by Crippen LogP contribution is 2.50. The van der Waals surface area contributed by atoms with Gasteiger partial charge < -0.3 is 0 Å². The van der Waals surface area contributed by atoms with E-state index < -0.39 is 0 Å². The number of fused-ring (bicyclic) bond motifs is 4. The van der Waals surface area contributed by atoms with Gasteiger partial charge in [0.2, 0.25) is 0 Å². The molecule has 2 spiro atoms. The first-order chi connectivity index (χ1) is 14.9. The third kappa shape index (κ3) is 3.48. The molecule has 4 aliphatic carbocycles. The molecule has 4 aliphatic rings. The average molecular weight is 565 g/mol. The van der Waals surface area contributed by atoms with Gasteiger partial charge >= 0.3 is 0 Å². The molecule has 162 valence electrons. The van der Waals surface area contributed by atoms with Gasteiger partial charge in [0.15, 0.2) is 0 Å². The van der Waals surface area contributed by atoms with Crippen LogP contribution in [0.15, 0.2) is 39.3 Å². The second-order valence-corrected chi connectivity index (χ2v) is 11.7. The van der Waals surface area contributed by atoms with Crippen molar-refractivity contribution >= 4 is 55.0 Å². The lowest BCUT2D eigenvalue weighted by Gasteiger charge is -2.22. The van der Waals surface area contributed by atoms with Crippen LogP contribution in [0.1, 0.15) is 73.6 Å². The molecule has 0 aliphatic heterocycles. The summed E-state index contributed by atoms with van der Waals surface area (Å²) in [5.74, 6) is 0.849. The van der Waals surface area contributed by atoms with Crippen LogP contribution in [-0.2, 0) is 33.3 Å². The first-order valence-corrected chi connectivity index (χ1v) is 13.2. The standard InChI is InChI=1S/C13H12BrClO.C13H13BrO/c14-10-5-8-6-12(16)13(3-1-2-4-13)9(8)7-11(10)15;14-10-3-4-11-9(7-10)8-12(15)13(11)5-1-2-6-13/h5,7H,1-4,6H2;3-4,7H,1-2,5-6,8H2. The lowest BCUT2D eigenvalue weighted by Crippen LogP contribution is -2.28. The highest BCUT2D eigenvalue weighted by Gasteiger charge is 2.48. The van der Waals surface area contributed by atoms with E-state index in [9.17, 15) is 9.59 Å². The molecular formula is C26H25Br2ClO2. The van der Waals surface area contributed by atoms with Crippen molar-refractivity contribution in [3.05, 3.63) is 66.6 Å². The predicted molar refractivity (Wildman–Crippen MR) is 131 cm³/mol. The van der Waals surface area contributed by atoms with Crippen LogP contribution < -0.4 is 0 Å². The third-order valence-electron chi connectivity index (χ3n) is 7.93. The monoisotopic (exact) mass is 562 g/mol. The second-order valence-electron chi connectivity index (χ2n) is 9.50. The van der Waals surface area contributed by atoms with E-state index in [1.165, 1.54) is 47.9 Å². The van der Waals surface area contributed by atoms with E-state index in [1.54, 1.807) is 0 Å². The van der Waals surface area contributed by atoms with Crippen LogP contribution in [0.3, 0.4) is 0 Å². The first kappa shape index (κ1) is 21.9. The Morgan fingerprint density at radius 2 is 1.23 bits per heavy atom. The minimum absolute atomic E-state index is 0.0873. The number of Topliss-reactive ketones (excluding diaryl/α,β-unsaturated/α-hetero) is 2. The molecule has 6 rings (SSSR count). The topological polar surface area (TPSA) is 34.1 Å². The molecule has 2 saturated carbocycles. The Morgan fingerprint density at radius 3 is 1.81 bits per heavy atom. The van der Waals surface area contributed by atoms with Crippen molar-refractivity contribution in [3.63, 3.8) is 0 Å². The third-order valence-corrected chi connectivity index (χ3v) is 9.62. The normalized spacial score (nSPS) is 22.0. The number of carbonyl (C=O) groups excluding carboxylic acids is 2. The molecule has 5 heteroatoms. The summed E-state index contributed by atoms with van der Waals surface area (Å²) in [5.41, 5.74) is 4.66. The fourth-order valence-corrected chi connectivity index (χ4v) is 7.36. The van der Waals surface area contributed by atoms with Crippen molar-refractivity contribution in [2.24, 2.45) is 0 Å². The molecule has 0 saturated heterocycles.